The van der Waals surface area contributed by atoms with Crippen molar-refractivity contribution in [2.24, 2.45) is 0 Å². The Bertz CT molecular complexity index is 797. The standard InChI is InChI=1S/C19H21ClN4O2/c1-23(15-5-3-2-4-6-15)12-19(26)22-14-7-8-17(16(20)11-14)24-10-9-21-18(25)13-24/h2-8,11H,9-10,12-13H2,1H3,(H,21,25)(H,22,26). The van der Waals surface area contributed by atoms with Gasteiger partial charge in [-0.2, -0.15) is 0 Å². The van der Waals surface area contributed by atoms with Gasteiger partial charge in [0.1, 0.15) is 0 Å². The zero-order valence-corrected chi connectivity index (χ0v) is 15.3. The number of nitrogens with zero attached hydrogens (tertiary/aromatic N) is 2. The van der Waals surface area contributed by atoms with E-state index in [2.05, 4.69) is 10.6 Å². The number of halogens is 1. The van der Waals surface area contributed by atoms with Crippen LogP contribution >= 0.6 is 11.6 Å². The first-order valence-corrected chi connectivity index (χ1v) is 8.78. The Morgan fingerprint density at radius 2 is 2.04 bits per heavy atom. The Labute approximate surface area is 157 Å². The lowest BCUT2D eigenvalue weighted by Crippen LogP contribution is -2.47. The van der Waals surface area contributed by atoms with Crippen molar-refractivity contribution in [1.29, 1.82) is 0 Å². The highest BCUT2D eigenvalue weighted by Crippen LogP contribution is 2.29. The summed E-state index contributed by atoms with van der Waals surface area (Å²) in [6.07, 6.45) is 0. The molecule has 0 saturated carbocycles. The van der Waals surface area contributed by atoms with Crippen LogP contribution in [0, 0.1) is 0 Å². The van der Waals surface area contributed by atoms with Crippen LogP contribution < -0.4 is 20.4 Å². The van der Waals surface area contributed by atoms with Gasteiger partial charge in [-0.15, -0.1) is 0 Å². The number of amides is 2. The van der Waals surface area contributed by atoms with Crippen LogP contribution in [0.15, 0.2) is 48.5 Å². The number of rotatable bonds is 5. The molecular weight excluding hydrogens is 352 g/mol. The molecule has 0 spiro atoms. The summed E-state index contributed by atoms with van der Waals surface area (Å²) in [7, 11) is 1.87. The molecule has 136 valence electrons. The van der Waals surface area contributed by atoms with Gasteiger partial charge in [0.05, 0.1) is 23.8 Å². The van der Waals surface area contributed by atoms with E-state index < -0.39 is 0 Å². The van der Waals surface area contributed by atoms with Crippen molar-refractivity contribution < 1.29 is 9.59 Å². The Balaban J connectivity index is 1.62. The van der Waals surface area contributed by atoms with Crippen molar-refractivity contribution in [1.82, 2.24) is 5.32 Å². The van der Waals surface area contributed by atoms with Crippen LogP contribution in [0.1, 0.15) is 0 Å². The maximum absolute atomic E-state index is 12.3. The summed E-state index contributed by atoms with van der Waals surface area (Å²) in [5.41, 5.74) is 2.40. The van der Waals surface area contributed by atoms with Crippen LogP contribution in [0.25, 0.3) is 0 Å². The molecule has 3 rings (SSSR count). The van der Waals surface area contributed by atoms with Crippen LogP contribution in [0.3, 0.4) is 0 Å². The molecule has 1 aliphatic heterocycles. The third kappa shape index (κ3) is 4.46. The Kier molecular flexibility index (Phi) is 5.63. The zero-order valence-electron chi connectivity index (χ0n) is 14.5. The van der Waals surface area contributed by atoms with E-state index >= 15 is 0 Å². The number of nitrogens with one attached hydrogen (secondary N) is 2. The predicted molar refractivity (Wildman–Crippen MR) is 105 cm³/mol. The molecule has 0 aromatic heterocycles. The number of likely N-dealkylation sites (N-methyl/N-ethyl adjacent to an activating group) is 1. The highest BCUT2D eigenvalue weighted by molar-refractivity contribution is 6.33. The molecule has 1 aliphatic rings. The fraction of sp³-hybridized carbons (Fsp3) is 0.263. The van der Waals surface area contributed by atoms with Gasteiger partial charge in [-0.25, -0.2) is 0 Å². The fourth-order valence-electron chi connectivity index (χ4n) is 2.88. The largest absolute Gasteiger partial charge is 0.365 e. The van der Waals surface area contributed by atoms with Gasteiger partial charge in [0.15, 0.2) is 0 Å². The second-order valence-electron chi connectivity index (χ2n) is 6.18. The van der Waals surface area contributed by atoms with Gasteiger partial charge in [-0.3, -0.25) is 9.59 Å². The third-order valence-corrected chi connectivity index (χ3v) is 4.49. The first kappa shape index (κ1) is 18.1. The number of hydrogen-bond donors (Lipinski definition) is 2. The van der Waals surface area contributed by atoms with E-state index in [4.69, 9.17) is 11.6 Å². The van der Waals surface area contributed by atoms with Gasteiger partial charge < -0.3 is 20.4 Å². The van der Waals surface area contributed by atoms with Crippen LogP contribution in [0.4, 0.5) is 17.1 Å². The number of benzene rings is 2. The second-order valence-corrected chi connectivity index (χ2v) is 6.58. The minimum atomic E-state index is -0.127. The van der Waals surface area contributed by atoms with Crippen molar-refractivity contribution in [2.45, 2.75) is 0 Å². The molecule has 2 N–H and O–H groups in total. The van der Waals surface area contributed by atoms with E-state index in [0.717, 1.165) is 11.4 Å². The maximum Gasteiger partial charge on any atom is 0.243 e. The van der Waals surface area contributed by atoms with Gasteiger partial charge >= 0.3 is 0 Å². The van der Waals surface area contributed by atoms with E-state index in [1.54, 1.807) is 12.1 Å². The average molecular weight is 373 g/mol. The molecule has 1 fully saturated rings. The molecule has 2 amide bonds. The second kappa shape index (κ2) is 8.10. The van der Waals surface area contributed by atoms with Crippen molar-refractivity contribution in [2.75, 3.05) is 48.3 Å². The Morgan fingerprint density at radius 3 is 2.73 bits per heavy atom. The maximum atomic E-state index is 12.3. The SMILES string of the molecule is CN(CC(=O)Nc1ccc(N2CCNC(=O)C2)c(Cl)c1)c1ccccc1. The van der Waals surface area contributed by atoms with Crippen molar-refractivity contribution in [3.8, 4) is 0 Å². The van der Waals surface area contributed by atoms with Gasteiger partial charge in [-0.1, -0.05) is 29.8 Å². The summed E-state index contributed by atoms with van der Waals surface area (Å²) >= 11 is 6.36. The molecule has 1 saturated heterocycles. The molecule has 0 radical (unpaired) electrons. The molecule has 0 aliphatic carbocycles. The third-order valence-electron chi connectivity index (χ3n) is 4.19. The summed E-state index contributed by atoms with van der Waals surface area (Å²) < 4.78 is 0. The van der Waals surface area contributed by atoms with E-state index in [1.807, 2.05) is 53.2 Å². The first-order valence-electron chi connectivity index (χ1n) is 8.40. The first-order chi connectivity index (χ1) is 12.5. The summed E-state index contributed by atoms with van der Waals surface area (Å²) in [4.78, 5) is 27.6. The summed E-state index contributed by atoms with van der Waals surface area (Å²) in [5.74, 6) is -0.147. The lowest BCUT2D eigenvalue weighted by Gasteiger charge is -2.29. The van der Waals surface area contributed by atoms with E-state index in [9.17, 15) is 9.59 Å². The smallest absolute Gasteiger partial charge is 0.243 e. The predicted octanol–water partition coefficient (Wildman–Crippen LogP) is 2.35. The number of hydrogen-bond acceptors (Lipinski definition) is 4. The summed E-state index contributed by atoms with van der Waals surface area (Å²) in [6, 6.07) is 15.1. The molecule has 2 aromatic carbocycles. The van der Waals surface area contributed by atoms with Crippen LogP contribution in [-0.2, 0) is 9.59 Å². The Hall–Kier alpha value is -2.73. The molecule has 2 aromatic rings. The van der Waals surface area contributed by atoms with Crippen molar-refractivity contribution >= 4 is 40.5 Å². The molecule has 26 heavy (non-hydrogen) atoms. The van der Waals surface area contributed by atoms with E-state index in [0.29, 0.717) is 23.8 Å². The topological polar surface area (TPSA) is 64.7 Å². The number of para-hydroxylation sites is 1. The van der Waals surface area contributed by atoms with E-state index in [-0.39, 0.29) is 24.9 Å². The van der Waals surface area contributed by atoms with Gasteiger partial charge in [-0.05, 0) is 30.3 Å². The lowest BCUT2D eigenvalue weighted by molar-refractivity contribution is -0.120. The highest BCUT2D eigenvalue weighted by atomic mass is 35.5. The van der Waals surface area contributed by atoms with Gasteiger partial charge in [0.2, 0.25) is 11.8 Å². The molecule has 0 unspecified atom stereocenters. The molecular formula is C19H21ClN4O2. The number of anilines is 3. The summed E-state index contributed by atoms with van der Waals surface area (Å²) in [6.45, 7) is 1.82. The number of carbonyl (C=O) groups is 2. The average Bonchev–Trinajstić information content (AvgIpc) is 2.62. The fourth-order valence-corrected chi connectivity index (χ4v) is 3.18. The zero-order chi connectivity index (χ0) is 18.5. The number of carbonyl (C=O) groups excluding carboxylic acids is 2. The minimum Gasteiger partial charge on any atom is -0.365 e. The minimum absolute atomic E-state index is 0.0198. The van der Waals surface area contributed by atoms with Crippen LogP contribution in [0.2, 0.25) is 5.02 Å². The molecule has 7 heteroatoms. The molecule has 1 heterocycles. The lowest BCUT2D eigenvalue weighted by atomic mass is 10.2. The Morgan fingerprint density at radius 1 is 1.27 bits per heavy atom. The number of piperazine rings is 1. The van der Waals surface area contributed by atoms with Gasteiger partial charge in [0.25, 0.3) is 0 Å². The van der Waals surface area contributed by atoms with E-state index in [1.165, 1.54) is 0 Å². The normalized spacial score (nSPS) is 13.9. The monoisotopic (exact) mass is 372 g/mol. The quantitative estimate of drug-likeness (QED) is 0.845. The molecule has 0 bridgehead atoms. The highest BCUT2D eigenvalue weighted by Gasteiger charge is 2.19. The molecule has 6 nitrogen and oxygen atoms in total. The van der Waals surface area contributed by atoms with Crippen molar-refractivity contribution in [3.05, 3.63) is 53.6 Å². The molecule has 0 atom stereocenters. The van der Waals surface area contributed by atoms with Crippen LogP contribution in [-0.4, -0.2) is 45.0 Å². The van der Waals surface area contributed by atoms with Crippen LogP contribution in [0.5, 0.6) is 0 Å². The van der Waals surface area contributed by atoms with Crippen molar-refractivity contribution in [3.63, 3.8) is 0 Å². The summed E-state index contributed by atoms with van der Waals surface area (Å²) in [5, 5.41) is 6.15. The van der Waals surface area contributed by atoms with Gasteiger partial charge in [0, 0.05) is 31.5 Å².